The first-order valence-corrected chi connectivity index (χ1v) is 10.3. The molecule has 6 nitrogen and oxygen atoms in total. The molecule has 0 bridgehead atoms. The third-order valence-electron chi connectivity index (χ3n) is 3.80. The summed E-state index contributed by atoms with van der Waals surface area (Å²) in [4.78, 5) is 23.9. The maximum Gasteiger partial charge on any atom is 0.276 e. The third-order valence-corrected chi connectivity index (χ3v) is 4.89. The van der Waals surface area contributed by atoms with Crippen molar-refractivity contribution in [2.24, 2.45) is 0 Å². The van der Waals surface area contributed by atoms with Crippen LogP contribution in [0.15, 0.2) is 34.8 Å². The number of nitrogens with one attached hydrogen (secondary N) is 2. The Morgan fingerprint density at radius 3 is 2.24 bits per heavy atom. The molecule has 2 amide bonds. The van der Waals surface area contributed by atoms with Crippen molar-refractivity contribution < 1.29 is 19.1 Å². The molecule has 0 atom stereocenters. The topological polar surface area (TPSA) is 76.7 Å². The fourth-order valence-corrected chi connectivity index (χ4v) is 3.77. The largest absolute Gasteiger partial charge is 0.483 e. The number of rotatable bonds is 7. The standard InChI is InChI=1S/C20H21BrCl2N2O4/c1-11(2)14-5-4-12(3)6-17(14)28-9-18(26)24-25-19(27)10-29-20-15(21)7-13(22)8-16(20)23/h4-8,11H,9-10H2,1-3H3,(H,24,26)(H,25,27). The summed E-state index contributed by atoms with van der Waals surface area (Å²) in [6, 6.07) is 8.94. The zero-order valence-corrected chi connectivity index (χ0v) is 19.2. The molecule has 0 aromatic heterocycles. The van der Waals surface area contributed by atoms with Gasteiger partial charge < -0.3 is 9.47 Å². The second-order valence-corrected chi connectivity index (χ2v) is 8.27. The van der Waals surface area contributed by atoms with E-state index in [9.17, 15) is 9.59 Å². The van der Waals surface area contributed by atoms with Crippen molar-refractivity contribution in [2.45, 2.75) is 26.7 Å². The van der Waals surface area contributed by atoms with E-state index in [-0.39, 0.29) is 29.9 Å². The molecule has 0 fully saturated rings. The lowest BCUT2D eigenvalue weighted by Crippen LogP contribution is -2.45. The Balaban J connectivity index is 1.81. The van der Waals surface area contributed by atoms with Crippen LogP contribution in [0.5, 0.6) is 11.5 Å². The van der Waals surface area contributed by atoms with Gasteiger partial charge in [-0.1, -0.05) is 49.2 Å². The second-order valence-electron chi connectivity index (χ2n) is 6.57. The first kappa shape index (κ1) is 23.3. The van der Waals surface area contributed by atoms with E-state index in [1.807, 2.05) is 39.0 Å². The fourth-order valence-electron chi connectivity index (χ4n) is 2.40. The number of halogens is 3. The average molecular weight is 504 g/mol. The molecular weight excluding hydrogens is 483 g/mol. The molecule has 156 valence electrons. The van der Waals surface area contributed by atoms with Gasteiger partial charge in [0, 0.05) is 5.02 Å². The summed E-state index contributed by atoms with van der Waals surface area (Å²) in [6.45, 7) is 5.45. The monoisotopic (exact) mass is 502 g/mol. The first-order chi connectivity index (χ1) is 13.7. The Morgan fingerprint density at radius 2 is 1.66 bits per heavy atom. The lowest BCUT2D eigenvalue weighted by Gasteiger charge is -2.15. The number of hydrogen-bond donors (Lipinski definition) is 2. The average Bonchev–Trinajstić information content (AvgIpc) is 2.63. The highest BCUT2D eigenvalue weighted by Crippen LogP contribution is 2.36. The van der Waals surface area contributed by atoms with E-state index < -0.39 is 11.8 Å². The molecular formula is C20H21BrCl2N2O4. The lowest BCUT2D eigenvalue weighted by molar-refractivity contribution is -0.131. The Morgan fingerprint density at radius 1 is 1.03 bits per heavy atom. The normalized spacial score (nSPS) is 10.6. The van der Waals surface area contributed by atoms with Crippen LogP contribution in [0.3, 0.4) is 0 Å². The van der Waals surface area contributed by atoms with Crippen LogP contribution in [0.25, 0.3) is 0 Å². The predicted molar refractivity (Wildman–Crippen MR) is 117 cm³/mol. The summed E-state index contributed by atoms with van der Waals surface area (Å²) in [5.41, 5.74) is 6.58. The molecule has 0 saturated heterocycles. The van der Waals surface area contributed by atoms with Crippen LogP contribution in [0.4, 0.5) is 0 Å². The maximum atomic E-state index is 12.0. The van der Waals surface area contributed by atoms with Gasteiger partial charge in [0.2, 0.25) is 0 Å². The predicted octanol–water partition coefficient (Wildman–Crippen LogP) is 4.79. The van der Waals surface area contributed by atoms with Gasteiger partial charge in [-0.3, -0.25) is 20.4 Å². The molecule has 0 saturated carbocycles. The van der Waals surface area contributed by atoms with Crippen LogP contribution in [-0.2, 0) is 9.59 Å². The molecule has 0 spiro atoms. The Kier molecular flexibility index (Phi) is 8.61. The van der Waals surface area contributed by atoms with Gasteiger partial charge in [-0.2, -0.15) is 0 Å². The SMILES string of the molecule is Cc1ccc(C(C)C)c(OCC(=O)NNC(=O)COc2c(Cl)cc(Cl)cc2Br)c1. The summed E-state index contributed by atoms with van der Waals surface area (Å²) in [5, 5.41) is 0.689. The quantitative estimate of drug-likeness (QED) is 0.532. The second kappa shape index (κ2) is 10.7. The van der Waals surface area contributed by atoms with Crippen LogP contribution >= 0.6 is 39.1 Å². The van der Waals surface area contributed by atoms with Crippen LogP contribution in [0.1, 0.15) is 30.9 Å². The summed E-state index contributed by atoms with van der Waals surface area (Å²) in [6.07, 6.45) is 0. The van der Waals surface area contributed by atoms with Crippen molar-refractivity contribution in [1.82, 2.24) is 10.9 Å². The van der Waals surface area contributed by atoms with Crippen LogP contribution in [0.2, 0.25) is 10.0 Å². The minimum absolute atomic E-state index is 0.237. The van der Waals surface area contributed by atoms with Crippen molar-refractivity contribution in [2.75, 3.05) is 13.2 Å². The lowest BCUT2D eigenvalue weighted by atomic mass is 10.0. The first-order valence-electron chi connectivity index (χ1n) is 8.75. The molecule has 0 radical (unpaired) electrons. The van der Waals surface area contributed by atoms with E-state index in [1.54, 1.807) is 6.07 Å². The molecule has 0 heterocycles. The number of hydrogen-bond acceptors (Lipinski definition) is 4. The highest BCUT2D eigenvalue weighted by molar-refractivity contribution is 9.10. The number of carbonyl (C=O) groups excluding carboxylic acids is 2. The van der Waals surface area contributed by atoms with Crippen LogP contribution in [0, 0.1) is 6.92 Å². The Hall–Kier alpha value is -1.96. The fraction of sp³-hybridized carbons (Fsp3) is 0.300. The van der Waals surface area contributed by atoms with Gasteiger partial charge in [0.25, 0.3) is 11.8 Å². The van der Waals surface area contributed by atoms with E-state index in [4.69, 9.17) is 32.7 Å². The summed E-state index contributed by atoms with van der Waals surface area (Å²) in [5.74, 6) is 0.119. The van der Waals surface area contributed by atoms with E-state index in [0.29, 0.717) is 15.2 Å². The molecule has 0 aliphatic carbocycles. The highest BCUT2D eigenvalue weighted by Gasteiger charge is 2.13. The van der Waals surface area contributed by atoms with Gasteiger partial charge in [-0.05, 0) is 58.1 Å². The summed E-state index contributed by atoms with van der Waals surface area (Å²) < 4.78 is 11.5. The maximum absolute atomic E-state index is 12.0. The minimum atomic E-state index is -0.560. The number of carbonyl (C=O) groups is 2. The minimum Gasteiger partial charge on any atom is -0.483 e. The van der Waals surface area contributed by atoms with Crippen LogP contribution in [-0.4, -0.2) is 25.0 Å². The van der Waals surface area contributed by atoms with Gasteiger partial charge >= 0.3 is 0 Å². The van der Waals surface area contributed by atoms with Gasteiger partial charge in [0.1, 0.15) is 5.75 Å². The van der Waals surface area contributed by atoms with Gasteiger partial charge in [0.05, 0.1) is 9.50 Å². The number of aryl methyl sites for hydroxylation is 1. The van der Waals surface area contributed by atoms with E-state index >= 15 is 0 Å². The summed E-state index contributed by atoms with van der Waals surface area (Å²) in [7, 11) is 0. The molecule has 0 unspecified atom stereocenters. The van der Waals surface area contributed by atoms with Gasteiger partial charge in [-0.25, -0.2) is 0 Å². The molecule has 2 aromatic carbocycles. The zero-order chi connectivity index (χ0) is 21.6. The van der Waals surface area contributed by atoms with Crippen molar-refractivity contribution in [1.29, 1.82) is 0 Å². The van der Waals surface area contributed by atoms with E-state index in [1.165, 1.54) is 6.07 Å². The van der Waals surface area contributed by atoms with Crippen molar-refractivity contribution >= 4 is 50.9 Å². The van der Waals surface area contributed by atoms with E-state index in [2.05, 4.69) is 26.8 Å². The van der Waals surface area contributed by atoms with Crippen molar-refractivity contribution in [3.05, 3.63) is 56.0 Å². The molecule has 29 heavy (non-hydrogen) atoms. The Bertz CT molecular complexity index is 883. The van der Waals surface area contributed by atoms with Gasteiger partial charge in [-0.15, -0.1) is 0 Å². The van der Waals surface area contributed by atoms with Crippen molar-refractivity contribution in [3.63, 3.8) is 0 Å². The molecule has 2 aromatic rings. The third kappa shape index (κ3) is 7.10. The number of benzene rings is 2. The van der Waals surface area contributed by atoms with Crippen molar-refractivity contribution in [3.8, 4) is 11.5 Å². The highest BCUT2D eigenvalue weighted by atomic mass is 79.9. The van der Waals surface area contributed by atoms with E-state index in [0.717, 1.165) is 11.1 Å². The summed E-state index contributed by atoms with van der Waals surface area (Å²) >= 11 is 15.2. The zero-order valence-electron chi connectivity index (χ0n) is 16.1. The smallest absolute Gasteiger partial charge is 0.276 e. The number of hydrazine groups is 1. The number of amides is 2. The molecule has 2 rings (SSSR count). The Labute approximate surface area is 188 Å². The molecule has 2 N–H and O–H groups in total. The molecule has 0 aliphatic heterocycles. The van der Waals surface area contributed by atoms with Gasteiger partial charge in [0.15, 0.2) is 19.0 Å². The molecule has 9 heteroatoms. The van der Waals surface area contributed by atoms with Crippen LogP contribution < -0.4 is 20.3 Å². The molecule has 0 aliphatic rings. The number of ether oxygens (including phenoxy) is 2.